The Hall–Kier alpha value is -3.23. The summed E-state index contributed by atoms with van der Waals surface area (Å²) in [6.07, 6.45) is 2.81. The van der Waals surface area contributed by atoms with Gasteiger partial charge in [-0.3, -0.25) is 14.4 Å². The van der Waals surface area contributed by atoms with Crippen molar-refractivity contribution in [2.45, 2.75) is 70.8 Å². The van der Waals surface area contributed by atoms with Crippen LogP contribution in [0.2, 0.25) is 0 Å². The summed E-state index contributed by atoms with van der Waals surface area (Å²) in [6, 6.07) is 15.7. The maximum atomic E-state index is 13.7. The Labute approximate surface area is 226 Å². The molecule has 0 radical (unpaired) electrons. The molecule has 0 spiro atoms. The van der Waals surface area contributed by atoms with Gasteiger partial charge in [-0.1, -0.05) is 68.4 Å². The molecule has 1 aliphatic carbocycles. The highest BCUT2D eigenvalue weighted by Crippen LogP contribution is 2.29. The number of carbonyl (C=O) groups is 3. The predicted octanol–water partition coefficient (Wildman–Crippen LogP) is 2.97. The summed E-state index contributed by atoms with van der Waals surface area (Å²) in [7, 11) is 3.30. The van der Waals surface area contributed by atoms with Crippen molar-refractivity contribution in [2.24, 2.45) is 5.92 Å². The van der Waals surface area contributed by atoms with Crippen molar-refractivity contribution in [3.63, 3.8) is 0 Å². The number of aryl methyl sites for hydroxylation is 1. The lowest BCUT2D eigenvalue weighted by Crippen LogP contribution is -2.58. The van der Waals surface area contributed by atoms with Crippen LogP contribution in [0, 0.1) is 5.92 Å². The highest BCUT2D eigenvalue weighted by atomic mass is 16.5. The van der Waals surface area contributed by atoms with Crippen LogP contribution in [-0.2, 0) is 32.1 Å². The van der Waals surface area contributed by atoms with Gasteiger partial charge in [0.05, 0.1) is 25.3 Å². The minimum absolute atomic E-state index is 0.0308. The number of hydrogen-bond donors (Lipinski definition) is 3. The zero-order chi connectivity index (χ0) is 27.7. The summed E-state index contributed by atoms with van der Waals surface area (Å²) >= 11 is 0. The summed E-state index contributed by atoms with van der Waals surface area (Å²) < 4.78 is 5.96. The first-order valence-corrected chi connectivity index (χ1v) is 13.5. The zero-order valence-corrected chi connectivity index (χ0v) is 23.2. The Kier molecular flexibility index (Phi) is 10.9. The van der Waals surface area contributed by atoms with E-state index < -0.39 is 18.1 Å². The number of rotatable bonds is 12. The molecule has 0 aromatic heterocycles. The highest BCUT2D eigenvalue weighted by Gasteiger charge is 2.35. The molecule has 8 nitrogen and oxygen atoms in total. The third kappa shape index (κ3) is 7.65. The predicted molar refractivity (Wildman–Crippen MR) is 148 cm³/mol. The zero-order valence-electron chi connectivity index (χ0n) is 23.2. The van der Waals surface area contributed by atoms with Gasteiger partial charge in [0.25, 0.3) is 0 Å². The van der Waals surface area contributed by atoms with Crippen molar-refractivity contribution < 1.29 is 19.1 Å². The number of amides is 3. The van der Waals surface area contributed by atoms with Crippen LogP contribution in [0.3, 0.4) is 0 Å². The van der Waals surface area contributed by atoms with Crippen molar-refractivity contribution >= 4 is 17.7 Å². The van der Waals surface area contributed by atoms with E-state index in [-0.39, 0.29) is 36.3 Å². The van der Waals surface area contributed by atoms with Crippen molar-refractivity contribution in [3.05, 3.63) is 71.3 Å². The van der Waals surface area contributed by atoms with E-state index in [2.05, 4.69) is 28.1 Å². The molecule has 0 saturated heterocycles. The average Bonchev–Trinajstić information content (AvgIpc) is 2.93. The third-order valence-corrected chi connectivity index (χ3v) is 7.25. The number of fused-ring (bicyclic) bond motifs is 1. The second-order valence-electron chi connectivity index (χ2n) is 10.4. The first-order chi connectivity index (χ1) is 18.2. The van der Waals surface area contributed by atoms with Crippen LogP contribution < -0.4 is 16.0 Å². The van der Waals surface area contributed by atoms with Crippen LogP contribution >= 0.6 is 0 Å². The van der Waals surface area contributed by atoms with Crippen LogP contribution in [0.5, 0.6) is 0 Å². The van der Waals surface area contributed by atoms with Gasteiger partial charge in [-0.05, 0) is 55.8 Å². The second-order valence-corrected chi connectivity index (χ2v) is 10.4. The Bertz CT molecular complexity index is 1070. The van der Waals surface area contributed by atoms with E-state index in [9.17, 15) is 14.4 Å². The molecule has 0 fully saturated rings. The van der Waals surface area contributed by atoms with E-state index in [0.29, 0.717) is 6.61 Å². The Balaban J connectivity index is 1.79. The van der Waals surface area contributed by atoms with Gasteiger partial charge in [-0.15, -0.1) is 0 Å². The molecule has 0 heterocycles. The van der Waals surface area contributed by atoms with Crippen molar-refractivity contribution in [1.82, 2.24) is 20.9 Å². The number of carbonyl (C=O) groups excluding carboxylic acids is 3. The lowest BCUT2D eigenvalue weighted by molar-refractivity contribution is -0.145. The standard InChI is InChI=1S/C30H42N4O4/c1-20(2)27(33-28(35)21(3)31-4)30(37)34(5)26(19-38-18-22-12-7-6-8-13-22)29(36)32-25-17-11-15-23-14-9-10-16-24(23)25/h6-10,12-14,16,20-21,25-27,31H,11,15,17-19H2,1-5H3,(H,32,36)(H,33,35). The van der Waals surface area contributed by atoms with Gasteiger partial charge in [0.15, 0.2) is 0 Å². The first kappa shape index (κ1) is 29.3. The summed E-state index contributed by atoms with van der Waals surface area (Å²) in [6.45, 7) is 5.84. The van der Waals surface area contributed by atoms with Crippen molar-refractivity contribution in [1.29, 1.82) is 0 Å². The normalized spacial score (nSPS) is 17.2. The smallest absolute Gasteiger partial charge is 0.245 e. The summed E-state index contributed by atoms with van der Waals surface area (Å²) in [5.74, 6) is -1.04. The molecule has 8 heteroatoms. The molecule has 0 bridgehead atoms. The Morgan fingerprint density at radius 3 is 2.37 bits per heavy atom. The lowest BCUT2D eigenvalue weighted by atomic mass is 9.87. The number of nitrogens with one attached hydrogen (secondary N) is 3. The first-order valence-electron chi connectivity index (χ1n) is 13.5. The topological polar surface area (TPSA) is 99.8 Å². The largest absolute Gasteiger partial charge is 0.374 e. The fourth-order valence-electron chi connectivity index (χ4n) is 4.69. The molecule has 0 aliphatic heterocycles. The van der Waals surface area contributed by atoms with E-state index in [1.54, 1.807) is 21.0 Å². The summed E-state index contributed by atoms with van der Waals surface area (Å²) in [5, 5.41) is 8.93. The molecule has 3 amide bonds. The van der Waals surface area contributed by atoms with Crippen LogP contribution in [0.25, 0.3) is 0 Å². The monoisotopic (exact) mass is 522 g/mol. The molecular formula is C30H42N4O4. The Morgan fingerprint density at radius 2 is 1.68 bits per heavy atom. The van der Waals surface area contributed by atoms with E-state index in [4.69, 9.17) is 4.74 Å². The molecular weight excluding hydrogens is 480 g/mol. The second kappa shape index (κ2) is 14.1. The number of hydrogen-bond acceptors (Lipinski definition) is 5. The average molecular weight is 523 g/mol. The van der Waals surface area contributed by atoms with Gasteiger partial charge in [-0.25, -0.2) is 0 Å². The molecule has 206 valence electrons. The third-order valence-electron chi connectivity index (χ3n) is 7.25. The van der Waals surface area contributed by atoms with Crippen molar-refractivity contribution in [2.75, 3.05) is 20.7 Å². The molecule has 3 rings (SSSR count). The quantitative estimate of drug-likeness (QED) is 0.398. The van der Waals surface area contributed by atoms with Gasteiger partial charge < -0.3 is 25.6 Å². The molecule has 2 aromatic rings. The molecule has 2 aromatic carbocycles. The van der Waals surface area contributed by atoms with E-state index in [1.165, 1.54) is 10.5 Å². The van der Waals surface area contributed by atoms with Crippen LogP contribution in [0.1, 0.15) is 56.3 Å². The molecule has 3 N–H and O–H groups in total. The minimum Gasteiger partial charge on any atom is -0.374 e. The van der Waals surface area contributed by atoms with Crippen molar-refractivity contribution in [3.8, 4) is 0 Å². The fraction of sp³-hybridized carbons (Fsp3) is 0.500. The van der Waals surface area contributed by atoms with Gasteiger partial charge in [0.1, 0.15) is 12.1 Å². The van der Waals surface area contributed by atoms with Crippen LogP contribution in [-0.4, -0.2) is 61.4 Å². The molecule has 1 aliphatic rings. The minimum atomic E-state index is -0.861. The van der Waals surface area contributed by atoms with Gasteiger partial charge in [0, 0.05) is 7.05 Å². The van der Waals surface area contributed by atoms with E-state index >= 15 is 0 Å². The maximum Gasteiger partial charge on any atom is 0.245 e. The van der Waals surface area contributed by atoms with Crippen LogP contribution in [0.15, 0.2) is 54.6 Å². The molecule has 4 atom stereocenters. The van der Waals surface area contributed by atoms with Gasteiger partial charge >= 0.3 is 0 Å². The maximum absolute atomic E-state index is 13.7. The molecule has 4 unspecified atom stereocenters. The van der Waals surface area contributed by atoms with E-state index in [0.717, 1.165) is 30.4 Å². The highest BCUT2D eigenvalue weighted by molar-refractivity contribution is 5.93. The fourth-order valence-corrected chi connectivity index (χ4v) is 4.69. The number of nitrogens with zero attached hydrogens (tertiary/aromatic N) is 1. The van der Waals surface area contributed by atoms with Gasteiger partial charge in [-0.2, -0.15) is 0 Å². The van der Waals surface area contributed by atoms with Gasteiger partial charge in [0.2, 0.25) is 17.7 Å². The molecule has 38 heavy (non-hydrogen) atoms. The van der Waals surface area contributed by atoms with Crippen LogP contribution in [0.4, 0.5) is 0 Å². The SMILES string of the molecule is CNC(C)C(=O)NC(C(=O)N(C)C(COCc1ccccc1)C(=O)NC1CCCc2ccccc21)C(C)C. The number of benzene rings is 2. The number of likely N-dealkylation sites (N-methyl/N-ethyl adjacent to an activating group) is 2. The summed E-state index contributed by atoms with van der Waals surface area (Å²) in [4.78, 5) is 41.4. The van der Waals surface area contributed by atoms with E-state index in [1.807, 2.05) is 56.3 Å². The number of ether oxygens (including phenoxy) is 1. The molecule has 0 saturated carbocycles. The Morgan fingerprint density at radius 1 is 1.00 bits per heavy atom. The lowest BCUT2D eigenvalue weighted by Gasteiger charge is -2.34. The summed E-state index contributed by atoms with van der Waals surface area (Å²) in [5.41, 5.74) is 3.35.